The molecule has 1 N–H and O–H groups in total. The number of nitrogens with one attached hydrogen (secondary N) is 1. The van der Waals surface area contributed by atoms with E-state index in [9.17, 15) is 10.1 Å². The molecule has 33 heavy (non-hydrogen) atoms. The smallest absolute Gasteiger partial charge is 0.251 e. The summed E-state index contributed by atoms with van der Waals surface area (Å²) in [5.74, 6) is 0.573. The number of ether oxygens (including phenoxy) is 1. The molecular weight excluding hydrogens is 430 g/mol. The second-order valence-electron chi connectivity index (χ2n) is 8.46. The fraction of sp³-hybridized carbons (Fsp3) is 0.259. The molecule has 3 aromatic carbocycles. The van der Waals surface area contributed by atoms with Crippen molar-refractivity contribution in [3.05, 3.63) is 83.4 Å². The fourth-order valence-electron chi connectivity index (χ4n) is 4.22. The monoisotopic (exact) mass is 455 g/mol. The molecular formula is C27H25N3O2S. The van der Waals surface area contributed by atoms with Crippen molar-refractivity contribution in [2.45, 2.75) is 29.7 Å². The molecule has 0 bridgehead atoms. The van der Waals surface area contributed by atoms with Crippen molar-refractivity contribution in [3.63, 3.8) is 0 Å². The zero-order valence-electron chi connectivity index (χ0n) is 18.5. The molecule has 6 heteroatoms. The first-order valence-corrected chi connectivity index (χ1v) is 12.3. The number of carbonyl (C=O) groups is 1. The van der Waals surface area contributed by atoms with Crippen LogP contribution in [0.3, 0.4) is 0 Å². The molecule has 0 radical (unpaired) electrons. The molecule has 1 saturated carbocycles. The number of hydrogen-bond donors (Lipinski definition) is 1. The van der Waals surface area contributed by atoms with Gasteiger partial charge in [0.25, 0.3) is 5.91 Å². The predicted molar refractivity (Wildman–Crippen MR) is 131 cm³/mol. The van der Waals surface area contributed by atoms with Crippen LogP contribution in [0.25, 0.3) is 0 Å². The molecule has 1 amide bonds. The van der Waals surface area contributed by atoms with Gasteiger partial charge in [0.15, 0.2) is 0 Å². The predicted octanol–water partition coefficient (Wildman–Crippen LogP) is 5.42. The van der Waals surface area contributed by atoms with Gasteiger partial charge >= 0.3 is 0 Å². The SMILES string of the molecule is CSc1ccc(CNC(=O)c2ccc3c(c2)OCCN3c2cccc(C3(C#N)CC3)c2)cc1. The summed E-state index contributed by atoms with van der Waals surface area (Å²) >= 11 is 1.70. The van der Waals surface area contributed by atoms with Crippen LogP contribution in [0, 0.1) is 11.3 Å². The Labute approximate surface area is 198 Å². The summed E-state index contributed by atoms with van der Waals surface area (Å²) in [4.78, 5) is 16.2. The maximum Gasteiger partial charge on any atom is 0.251 e. The molecule has 5 nitrogen and oxygen atoms in total. The Morgan fingerprint density at radius 1 is 1.15 bits per heavy atom. The van der Waals surface area contributed by atoms with E-state index >= 15 is 0 Å². The van der Waals surface area contributed by atoms with E-state index < -0.39 is 0 Å². The van der Waals surface area contributed by atoms with E-state index in [1.807, 2.05) is 48.7 Å². The third-order valence-electron chi connectivity index (χ3n) is 6.37. The van der Waals surface area contributed by atoms with Gasteiger partial charge in [-0.2, -0.15) is 5.26 Å². The summed E-state index contributed by atoms with van der Waals surface area (Å²) in [6, 6.07) is 24.5. The maximum atomic E-state index is 12.8. The molecule has 0 aromatic heterocycles. The van der Waals surface area contributed by atoms with Crippen molar-refractivity contribution < 1.29 is 9.53 Å². The summed E-state index contributed by atoms with van der Waals surface area (Å²) in [7, 11) is 0. The lowest BCUT2D eigenvalue weighted by molar-refractivity contribution is 0.0950. The van der Waals surface area contributed by atoms with Crippen molar-refractivity contribution in [1.82, 2.24) is 5.32 Å². The summed E-state index contributed by atoms with van der Waals surface area (Å²) in [6.45, 7) is 1.73. The highest BCUT2D eigenvalue weighted by atomic mass is 32.2. The van der Waals surface area contributed by atoms with E-state index in [1.54, 1.807) is 11.8 Å². The highest BCUT2D eigenvalue weighted by Gasteiger charge is 2.45. The number of fused-ring (bicyclic) bond motifs is 1. The molecule has 0 atom stereocenters. The number of amides is 1. The minimum absolute atomic E-state index is 0.126. The summed E-state index contributed by atoms with van der Waals surface area (Å²) in [5, 5.41) is 12.6. The molecule has 1 aliphatic heterocycles. The van der Waals surface area contributed by atoms with Crippen LogP contribution in [0.2, 0.25) is 0 Å². The van der Waals surface area contributed by atoms with Gasteiger partial charge in [0.2, 0.25) is 0 Å². The van der Waals surface area contributed by atoms with Crippen molar-refractivity contribution >= 4 is 29.0 Å². The minimum Gasteiger partial charge on any atom is -0.490 e. The molecule has 1 fully saturated rings. The number of carbonyl (C=O) groups excluding carboxylic acids is 1. The van der Waals surface area contributed by atoms with Gasteiger partial charge in [-0.3, -0.25) is 4.79 Å². The van der Waals surface area contributed by atoms with Crippen LogP contribution in [0.15, 0.2) is 71.6 Å². The number of nitrogens with zero attached hydrogens (tertiary/aromatic N) is 2. The number of hydrogen-bond acceptors (Lipinski definition) is 5. The zero-order chi connectivity index (χ0) is 22.8. The Morgan fingerprint density at radius 3 is 2.70 bits per heavy atom. The second kappa shape index (κ2) is 8.84. The highest BCUT2D eigenvalue weighted by molar-refractivity contribution is 7.98. The molecule has 1 heterocycles. The van der Waals surface area contributed by atoms with Crippen LogP contribution in [-0.2, 0) is 12.0 Å². The lowest BCUT2D eigenvalue weighted by atomic mass is 9.97. The van der Waals surface area contributed by atoms with Gasteiger partial charge in [-0.1, -0.05) is 24.3 Å². The summed E-state index contributed by atoms with van der Waals surface area (Å²) in [6.07, 6.45) is 3.89. The first-order valence-electron chi connectivity index (χ1n) is 11.1. The number of rotatable bonds is 6. The Kier molecular flexibility index (Phi) is 5.74. The van der Waals surface area contributed by atoms with Crippen LogP contribution in [0.4, 0.5) is 11.4 Å². The van der Waals surface area contributed by atoms with Crippen molar-refractivity contribution in [3.8, 4) is 11.8 Å². The normalized spacial score (nSPS) is 15.7. The zero-order valence-corrected chi connectivity index (χ0v) is 19.3. The standard InChI is InChI=1S/C27H25N3O2S/c1-33-23-8-5-19(6-9-23)17-29-26(31)20-7-10-24-25(15-20)32-14-13-30(24)22-4-2-3-21(16-22)27(18-28)11-12-27/h2-10,15-16H,11-14,17H2,1H3,(H,29,31). The molecule has 166 valence electrons. The molecule has 0 spiro atoms. The van der Waals surface area contributed by atoms with E-state index in [2.05, 4.69) is 40.6 Å². The van der Waals surface area contributed by atoms with E-state index in [0.29, 0.717) is 31.0 Å². The van der Waals surface area contributed by atoms with Gasteiger partial charge in [-0.15, -0.1) is 11.8 Å². The van der Waals surface area contributed by atoms with E-state index in [1.165, 1.54) is 4.90 Å². The van der Waals surface area contributed by atoms with E-state index in [4.69, 9.17) is 4.74 Å². The molecule has 5 rings (SSSR count). The van der Waals surface area contributed by atoms with Gasteiger partial charge in [0, 0.05) is 22.7 Å². The molecule has 0 saturated heterocycles. The minimum atomic E-state index is -0.317. The van der Waals surface area contributed by atoms with Crippen LogP contribution in [-0.4, -0.2) is 25.3 Å². The largest absolute Gasteiger partial charge is 0.490 e. The summed E-state index contributed by atoms with van der Waals surface area (Å²) in [5.41, 5.74) is 4.38. The van der Waals surface area contributed by atoms with Gasteiger partial charge in [-0.05, 0) is 72.7 Å². The van der Waals surface area contributed by atoms with E-state index in [0.717, 1.165) is 35.3 Å². The van der Waals surface area contributed by atoms with Gasteiger partial charge in [0.1, 0.15) is 12.4 Å². The third kappa shape index (κ3) is 4.29. The highest BCUT2D eigenvalue weighted by Crippen LogP contribution is 2.48. The number of anilines is 2. The van der Waals surface area contributed by atoms with Gasteiger partial charge in [0.05, 0.1) is 23.7 Å². The van der Waals surface area contributed by atoms with Crippen molar-refractivity contribution in [1.29, 1.82) is 5.26 Å². The number of thioether (sulfide) groups is 1. The Hall–Kier alpha value is -3.43. The molecule has 1 aliphatic carbocycles. The fourth-order valence-corrected chi connectivity index (χ4v) is 4.63. The molecule has 3 aromatic rings. The third-order valence-corrected chi connectivity index (χ3v) is 7.12. The molecule has 0 unspecified atom stereocenters. The number of nitriles is 1. The van der Waals surface area contributed by atoms with E-state index in [-0.39, 0.29) is 11.3 Å². The van der Waals surface area contributed by atoms with Crippen molar-refractivity contribution in [2.75, 3.05) is 24.3 Å². The lowest BCUT2D eigenvalue weighted by Gasteiger charge is -2.32. The van der Waals surface area contributed by atoms with Gasteiger partial charge < -0.3 is 15.0 Å². The van der Waals surface area contributed by atoms with Gasteiger partial charge in [-0.25, -0.2) is 0 Å². The second-order valence-corrected chi connectivity index (χ2v) is 9.34. The first-order chi connectivity index (χ1) is 16.1. The first kappa shape index (κ1) is 21.4. The average molecular weight is 456 g/mol. The lowest BCUT2D eigenvalue weighted by Crippen LogP contribution is -2.29. The van der Waals surface area contributed by atoms with Crippen LogP contribution in [0.5, 0.6) is 5.75 Å². The maximum absolute atomic E-state index is 12.8. The van der Waals surface area contributed by atoms with Crippen molar-refractivity contribution in [2.24, 2.45) is 0 Å². The molecule has 2 aliphatic rings. The Bertz CT molecular complexity index is 1230. The Morgan fingerprint density at radius 2 is 1.97 bits per heavy atom. The average Bonchev–Trinajstić information content (AvgIpc) is 3.68. The quantitative estimate of drug-likeness (QED) is 0.503. The number of benzene rings is 3. The Balaban J connectivity index is 1.33. The van der Waals surface area contributed by atoms with Crippen LogP contribution in [0.1, 0.15) is 34.3 Å². The topological polar surface area (TPSA) is 65.4 Å². The van der Waals surface area contributed by atoms with Crippen LogP contribution >= 0.6 is 11.8 Å². The summed E-state index contributed by atoms with van der Waals surface area (Å²) < 4.78 is 5.91. The van der Waals surface area contributed by atoms with Crippen LogP contribution < -0.4 is 15.0 Å².